The highest BCUT2D eigenvalue weighted by atomic mass is 19.1. The van der Waals surface area contributed by atoms with E-state index >= 15 is 0 Å². The number of fused-ring (bicyclic) bond motifs is 1. The number of hydrogen-bond donors (Lipinski definition) is 2. The molecule has 3 N–H and O–H groups in total. The van der Waals surface area contributed by atoms with E-state index in [0.29, 0.717) is 6.04 Å². The van der Waals surface area contributed by atoms with Crippen LogP contribution in [0.5, 0.6) is 0 Å². The number of nitriles is 1. The van der Waals surface area contributed by atoms with Crippen LogP contribution in [0.2, 0.25) is 0 Å². The Morgan fingerprint density at radius 3 is 2.77 bits per heavy atom. The number of nitrogens with zero attached hydrogens (tertiary/aromatic N) is 2. The number of hydrogen-bond acceptors (Lipinski definition) is 3. The Morgan fingerprint density at radius 1 is 1.12 bits per heavy atom. The molecule has 130 valence electrons. The maximum absolute atomic E-state index is 13.7. The van der Waals surface area contributed by atoms with Gasteiger partial charge in [0.15, 0.2) is 0 Å². The zero-order valence-electron chi connectivity index (χ0n) is 14.4. The Kier molecular flexibility index (Phi) is 4.51. The van der Waals surface area contributed by atoms with Crippen LogP contribution in [0, 0.1) is 17.1 Å². The number of anilines is 1. The van der Waals surface area contributed by atoms with Crippen molar-refractivity contribution in [3.63, 3.8) is 0 Å². The summed E-state index contributed by atoms with van der Waals surface area (Å²) in [5.41, 5.74) is 2.90. The monoisotopic (exact) mass is 347 g/mol. The van der Waals surface area contributed by atoms with Gasteiger partial charge in [-0.2, -0.15) is 5.26 Å². The second kappa shape index (κ2) is 7.11. The Balaban J connectivity index is 1.79. The van der Waals surface area contributed by atoms with E-state index in [9.17, 15) is 4.39 Å². The van der Waals surface area contributed by atoms with E-state index in [1.165, 1.54) is 6.07 Å². The summed E-state index contributed by atoms with van der Waals surface area (Å²) in [5, 5.41) is 17.3. The van der Waals surface area contributed by atoms with Crippen LogP contribution in [-0.2, 0) is 0 Å². The van der Waals surface area contributed by atoms with Crippen LogP contribution in [0.1, 0.15) is 18.4 Å². The molecule has 3 aromatic rings. The molecule has 1 aromatic heterocycles. The molecule has 1 saturated heterocycles. The Labute approximate surface area is 151 Å². The molecule has 1 fully saturated rings. The molecule has 0 radical (unpaired) electrons. The molecule has 0 unspecified atom stereocenters. The molecule has 5 heteroatoms. The van der Waals surface area contributed by atoms with Crippen molar-refractivity contribution in [1.82, 2.24) is 4.98 Å². The summed E-state index contributed by atoms with van der Waals surface area (Å²) >= 11 is 0. The molecule has 0 spiro atoms. The largest absolute Gasteiger partial charge is 0.381 e. The van der Waals surface area contributed by atoms with Crippen LogP contribution in [0.15, 0.2) is 48.8 Å². The fraction of sp³-hybridized carbons (Fsp3) is 0.238. The average molecular weight is 347 g/mol. The van der Waals surface area contributed by atoms with Gasteiger partial charge in [0.1, 0.15) is 11.9 Å². The fourth-order valence-corrected chi connectivity index (χ4v) is 3.57. The number of halogens is 1. The Morgan fingerprint density at radius 2 is 1.96 bits per heavy atom. The second-order valence-electron chi connectivity index (χ2n) is 6.71. The Bertz CT molecular complexity index is 987. The van der Waals surface area contributed by atoms with Gasteiger partial charge in [0.05, 0.1) is 18.7 Å². The van der Waals surface area contributed by atoms with E-state index in [2.05, 4.69) is 27.8 Å². The summed E-state index contributed by atoms with van der Waals surface area (Å²) in [6, 6.07) is 13.2. The van der Waals surface area contributed by atoms with E-state index in [4.69, 9.17) is 5.26 Å². The van der Waals surface area contributed by atoms with Crippen molar-refractivity contribution in [3.8, 4) is 17.2 Å². The number of aromatic nitrogens is 1. The molecule has 1 aliphatic rings. The van der Waals surface area contributed by atoms with Crippen molar-refractivity contribution < 1.29 is 9.71 Å². The quantitative estimate of drug-likeness (QED) is 0.765. The van der Waals surface area contributed by atoms with Gasteiger partial charge in [0.2, 0.25) is 0 Å². The van der Waals surface area contributed by atoms with Gasteiger partial charge in [-0.25, -0.2) is 4.39 Å². The van der Waals surface area contributed by atoms with Crippen molar-refractivity contribution in [2.45, 2.75) is 18.9 Å². The molecule has 4 nitrogen and oxygen atoms in total. The summed E-state index contributed by atoms with van der Waals surface area (Å²) < 4.78 is 13.7. The zero-order valence-corrected chi connectivity index (χ0v) is 14.4. The predicted molar refractivity (Wildman–Crippen MR) is 100 cm³/mol. The van der Waals surface area contributed by atoms with Gasteiger partial charge in [0.25, 0.3) is 0 Å². The SMILES string of the molecule is N#Cc1cc(-c2cc(NC3CC[NH2+]CC3)c3cnccc3c2)ccc1F. The van der Waals surface area contributed by atoms with Crippen LogP contribution in [-0.4, -0.2) is 24.1 Å². The van der Waals surface area contributed by atoms with E-state index in [1.807, 2.05) is 18.3 Å². The van der Waals surface area contributed by atoms with Crippen molar-refractivity contribution in [2.24, 2.45) is 0 Å². The number of nitrogens with two attached hydrogens (primary N) is 1. The first-order valence-electron chi connectivity index (χ1n) is 8.90. The van der Waals surface area contributed by atoms with Crippen molar-refractivity contribution in [3.05, 3.63) is 60.2 Å². The summed E-state index contributed by atoms with van der Waals surface area (Å²) in [4.78, 5) is 4.27. The first-order chi connectivity index (χ1) is 12.7. The predicted octanol–water partition coefficient (Wildman–Crippen LogP) is 3.05. The number of quaternary nitrogens is 1. The maximum Gasteiger partial charge on any atom is 0.140 e. The van der Waals surface area contributed by atoms with Crippen LogP contribution >= 0.6 is 0 Å². The molecule has 2 heterocycles. The lowest BCUT2D eigenvalue weighted by Gasteiger charge is -2.24. The fourth-order valence-electron chi connectivity index (χ4n) is 3.57. The molecular weight excluding hydrogens is 327 g/mol. The van der Waals surface area contributed by atoms with Gasteiger partial charge in [-0.05, 0) is 46.8 Å². The van der Waals surface area contributed by atoms with E-state index in [0.717, 1.165) is 53.5 Å². The number of benzene rings is 2. The standard InChI is InChI=1S/C21H19FN4/c22-20-2-1-14(9-17(20)12-23)16-10-15-3-6-25-13-19(15)21(11-16)26-18-4-7-24-8-5-18/h1-3,6,9-11,13,18,24,26H,4-5,7-8H2/p+1. The molecule has 4 rings (SSSR count). The van der Waals surface area contributed by atoms with Crippen molar-refractivity contribution in [2.75, 3.05) is 18.4 Å². The molecule has 0 amide bonds. The minimum Gasteiger partial charge on any atom is -0.381 e. The number of pyridine rings is 1. The third-order valence-corrected chi connectivity index (χ3v) is 4.97. The average Bonchev–Trinajstić information content (AvgIpc) is 2.69. The van der Waals surface area contributed by atoms with Gasteiger partial charge >= 0.3 is 0 Å². The first-order valence-corrected chi connectivity index (χ1v) is 8.90. The van der Waals surface area contributed by atoms with Crippen molar-refractivity contribution in [1.29, 1.82) is 5.26 Å². The zero-order chi connectivity index (χ0) is 17.9. The lowest BCUT2D eigenvalue weighted by atomic mass is 9.98. The van der Waals surface area contributed by atoms with Gasteiger partial charge in [-0.15, -0.1) is 0 Å². The maximum atomic E-state index is 13.7. The lowest BCUT2D eigenvalue weighted by molar-refractivity contribution is -0.662. The van der Waals surface area contributed by atoms with E-state index in [1.54, 1.807) is 18.3 Å². The third-order valence-electron chi connectivity index (χ3n) is 4.97. The molecular formula is C21H20FN4+. The van der Waals surface area contributed by atoms with E-state index < -0.39 is 5.82 Å². The minimum absolute atomic E-state index is 0.0645. The van der Waals surface area contributed by atoms with Crippen LogP contribution in [0.25, 0.3) is 21.9 Å². The highest BCUT2D eigenvalue weighted by Crippen LogP contribution is 2.32. The molecule has 0 atom stereocenters. The number of piperidine rings is 1. The molecule has 0 bridgehead atoms. The molecule has 2 aromatic carbocycles. The smallest absolute Gasteiger partial charge is 0.140 e. The summed E-state index contributed by atoms with van der Waals surface area (Å²) in [6.45, 7) is 2.27. The Hall–Kier alpha value is -2.97. The molecule has 0 aliphatic carbocycles. The summed E-state index contributed by atoms with van der Waals surface area (Å²) in [7, 11) is 0. The first kappa shape index (κ1) is 16.5. The second-order valence-corrected chi connectivity index (χ2v) is 6.71. The van der Waals surface area contributed by atoms with Gasteiger partial charge < -0.3 is 10.6 Å². The van der Waals surface area contributed by atoms with E-state index in [-0.39, 0.29) is 5.56 Å². The highest BCUT2D eigenvalue weighted by molar-refractivity contribution is 5.97. The summed E-state index contributed by atoms with van der Waals surface area (Å²) in [6.07, 6.45) is 5.90. The van der Waals surface area contributed by atoms with Crippen LogP contribution < -0.4 is 10.6 Å². The number of nitrogens with one attached hydrogen (secondary N) is 1. The van der Waals surface area contributed by atoms with Gasteiger partial charge in [0, 0.05) is 42.4 Å². The van der Waals surface area contributed by atoms with Gasteiger partial charge in [-0.1, -0.05) is 6.07 Å². The van der Waals surface area contributed by atoms with Gasteiger partial charge in [-0.3, -0.25) is 4.98 Å². The highest BCUT2D eigenvalue weighted by Gasteiger charge is 2.17. The minimum atomic E-state index is -0.488. The number of rotatable bonds is 3. The topological polar surface area (TPSA) is 65.3 Å². The van der Waals surface area contributed by atoms with Crippen LogP contribution in [0.3, 0.4) is 0 Å². The normalized spacial score (nSPS) is 14.9. The van der Waals surface area contributed by atoms with Crippen molar-refractivity contribution >= 4 is 16.5 Å². The molecule has 1 aliphatic heterocycles. The third kappa shape index (κ3) is 3.24. The molecule has 26 heavy (non-hydrogen) atoms. The van der Waals surface area contributed by atoms with Crippen LogP contribution in [0.4, 0.5) is 10.1 Å². The lowest BCUT2D eigenvalue weighted by Crippen LogP contribution is -2.87. The molecule has 0 saturated carbocycles. The summed E-state index contributed by atoms with van der Waals surface area (Å²) in [5.74, 6) is -0.488.